The van der Waals surface area contributed by atoms with Crippen LogP contribution in [0.1, 0.15) is 13.3 Å². The third-order valence-corrected chi connectivity index (χ3v) is 3.51. The number of aliphatic hydroxyl groups excluding tert-OH is 1. The predicted molar refractivity (Wildman–Crippen MR) is 56.2 cm³/mol. The first-order valence-electron chi connectivity index (χ1n) is 5.34. The highest BCUT2D eigenvalue weighted by Crippen LogP contribution is 2.52. The van der Waals surface area contributed by atoms with Gasteiger partial charge in [-0.1, -0.05) is 24.3 Å². The summed E-state index contributed by atoms with van der Waals surface area (Å²) in [7, 11) is 0. The minimum absolute atomic E-state index is 0.153. The number of allylic oxidation sites excluding steroid dienone is 3. The monoisotopic (exact) mass is 208 g/mol. The second-order valence-corrected chi connectivity index (χ2v) is 4.50. The van der Waals surface area contributed by atoms with E-state index in [9.17, 15) is 5.11 Å². The van der Waals surface area contributed by atoms with Crippen molar-refractivity contribution in [1.29, 1.82) is 0 Å². The molecular formula is C12H16O3. The van der Waals surface area contributed by atoms with Gasteiger partial charge in [-0.3, -0.25) is 4.79 Å². The van der Waals surface area contributed by atoms with Crippen molar-refractivity contribution < 1.29 is 15.0 Å². The highest BCUT2D eigenvalue weighted by Gasteiger charge is 2.48. The van der Waals surface area contributed by atoms with E-state index in [1.54, 1.807) is 0 Å². The van der Waals surface area contributed by atoms with Crippen molar-refractivity contribution in [3.05, 3.63) is 24.3 Å². The van der Waals surface area contributed by atoms with Crippen LogP contribution in [0.5, 0.6) is 0 Å². The molecule has 3 aliphatic rings. The molecule has 1 saturated carbocycles. The topological polar surface area (TPSA) is 57.5 Å². The van der Waals surface area contributed by atoms with Crippen LogP contribution in [0.15, 0.2) is 24.3 Å². The lowest BCUT2D eigenvalue weighted by Gasteiger charge is -2.22. The summed E-state index contributed by atoms with van der Waals surface area (Å²) in [6.45, 7) is 1.08. The van der Waals surface area contributed by atoms with Crippen molar-refractivity contribution >= 4 is 5.97 Å². The third kappa shape index (κ3) is 1.84. The Bertz CT molecular complexity index is 315. The maximum atomic E-state index is 9.60. The summed E-state index contributed by atoms with van der Waals surface area (Å²) in [5.41, 5.74) is 0. The largest absolute Gasteiger partial charge is 0.481 e. The molecule has 3 heteroatoms. The molecule has 15 heavy (non-hydrogen) atoms. The van der Waals surface area contributed by atoms with Crippen LogP contribution in [0.2, 0.25) is 0 Å². The molecule has 0 heterocycles. The van der Waals surface area contributed by atoms with Gasteiger partial charge >= 0.3 is 0 Å². The van der Waals surface area contributed by atoms with Crippen LogP contribution < -0.4 is 0 Å². The molecule has 0 saturated heterocycles. The molecule has 0 amide bonds. The highest BCUT2D eigenvalue weighted by molar-refractivity contribution is 5.62. The Labute approximate surface area is 89.1 Å². The van der Waals surface area contributed by atoms with Crippen LogP contribution in [-0.4, -0.2) is 22.3 Å². The van der Waals surface area contributed by atoms with Crippen molar-refractivity contribution in [2.24, 2.45) is 23.7 Å². The lowest BCUT2D eigenvalue weighted by molar-refractivity contribution is -0.134. The first kappa shape index (κ1) is 10.4. The molecule has 0 aliphatic heterocycles. The van der Waals surface area contributed by atoms with E-state index in [4.69, 9.17) is 9.90 Å². The van der Waals surface area contributed by atoms with E-state index in [2.05, 4.69) is 18.2 Å². The lowest BCUT2D eigenvalue weighted by Crippen LogP contribution is -2.23. The summed E-state index contributed by atoms with van der Waals surface area (Å²) in [6, 6.07) is 0. The molecule has 0 spiro atoms. The number of aliphatic carboxylic acids is 1. The smallest absolute Gasteiger partial charge is 0.300 e. The van der Waals surface area contributed by atoms with Gasteiger partial charge < -0.3 is 10.2 Å². The zero-order valence-electron chi connectivity index (χ0n) is 8.71. The van der Waals surface area contributed by atoms with Gasteiger partial charge in [-0.05, 0) is 24.2 Å². The van der Waals surface area contributed by atoms with Gasteiger partial charge in [0.05, 0.1) is 6.10 Å². The Morgan fingerprint density at radius 2 is 1.80 bits per heavy atom. The average molecular weight is 208 g/mol. The molecule has 5 unspecified atom stereocenters. The van der Waals surface area contributed by atoms with Gasteiger partial charge in [-0.2, -0.15) is 0 Å². The predicted octanol–water partition coefficient (Wildman–Crippen LogP) is 1.45. The molecule has 82 valence electrons. The molecule has 3 aliphatic carbocycles. The minimum Gasteiger partial charge on any atom is -0.481 e. The fourth-order valence-electron chi connectivity index (χ4n) is 3.02. The van der Waals surface area contributed by atoms with E-state index in [-0.39, 0.29) is 6.10 Å². The van der Waals surface area contributed by atoms with Crippen molar-refractivity contribution in [1.82, 2.24) is 0 Å². The summed E-state index contributed by atoms with van der Waals surface area (Å²) in [5, 5.41) is 17.0. The van der Waals surface area contributed by atoms with Crippen molar-refractivity contribution in [3.8, 4) is 0 Å². The van der Waals surface area contributed by atoms with E-state index < -0.39 is 5.97 Å². The van der Waals surface area contributed by atoms with Crippen LogP contribution in [-0.2, 0) is 4.79 Å². The normalized spacial score (nSPS) is 43.7. The molecular weight excluding hydrogens is 192 g/mol. The van der Waals surface area contributed by atoms with E-state index in [0.717, 1.165) is 12.8 Å². The molecule has 2 N–H and O–H groups in total. The van der Waals surface area contributed by atoms with Crippen LogP contribution in [0, 0.1) is 23.7 Å². The Morgan fingerprint density at radius 1 is 1.20 bits per heavy atom. The van der Waals surface area contributed by atoms with Crippen LogP contribution in [0.3, 0.4) is 0 Å². The molecule has 0 aromatic carbocycles. The van der Waals surface area contributed by atoms with E-state index >= 15 is 0 Å². The number of aliphatic hydroxyl groups is 1. The summed E-state index contributed by atoms with van der Waals surface area (Å²) in [5.74, 6) is 1.79. The molecule has 3 rings (SSSR count). The summed E-state index contributed by atoms with van der Waals surface area (Å²) in [6.07, 6.45) is 9.94. The second kappa shape index (κ2) is 3.81. The van der Waals surface area contributed by atoms with Gasteiger partial charge in [0.15, 0.2) is 0 Å². The van der Waals surface area contributed by atoms with Gasteiger partial charge in [0.1, 0.15) is 0 Å². The van der Waals surface area contributed by atoms with Crippen LogP contribution >= 0.6 is 0 Å². The molecule has 0 aromatic rings. The summed E-state index contributed by atoms with van der Waals surface area (Å²) >= 11 is 0. The Morgan fingerprint density at radius 3 is 2.40 bits per heavy atom. The summed E-state index contributed by atoms with van der Waals surface area (Å²) in [4.78, 5) is 9.00. The minimum atomic E-state index is -0.833. The van der Waals surface area contributed by atoms with Crippen molar-refractivity contribution in [2.75, 3.05) is 0 Å². The Hall–Kier alpha value is -1.09. The molecule has 1 fully saturated rings. The van der Waals surface area contributed by atoms with Gasteiger partial charge in [-0.25, -0.2) is 0 Å². The van der Waals surface area contributed by atoms with Gasteiger partial charge in [0.2, 0.25) is 0 Å². The average Bonchev–Trinajstić information content (AvgIpc) is 2.76. The highest BCUT2D eigenvalue weighted by atomic mass is 16.4. The van der Waals surface area contributed by atoms with Crippen LogP contribution in [0.4, 0.5) is 0 Å². The number of hydrogen-bond acceptors (Lipinski definition) is 2. The van der Waals surface area contributed by atoms with E-state index in [1.807, 2.05) is 6.08 Å². The number of fused-ring (bicyclic) bond motifs is 5. The number of carbonyl (C=O) groups is 1. The third-order valence-electron chi connectivity index (χ3n) is 3.51. The molecule has 2 bridgehead atoms. The number of rotatable bonds is 0. The first-order chi connectivity index (χ1) is 7.09. The van der Waals surface area contributed by atoms with Gasteiger partial charge in [0.25, 0.3) is 5.97 Å². The quantitative estimate of drug-likeness (QED) is 0.592. The van der Waals surface area contributed by atoms with E-state index in [1.165, 1.54) is 6.42 Å². The maximum absolute atomic E-state index is 9.60. The fourth-order valence-corrected chi connectivity index (χ4v) is 3.02. The number of carboxylic acid groups (broad SMARTS) is 1. The fraction of sp³-hybridized carbons (Fsp3) is 0.583. The zero-order valence-corrected chi connectivity index (χ0v) is 8.71. The van der Waals surface area contributed by atoms with Crippen molar-refractivity contribution in [2.45, 2.75) is 19.4 Å². The second-order valence-electron chi connectivity index (χ2n) is 4.50. The van der Waals surface area contributed by atoms with Crippen LogP contribution in [0.25, 0.3) is 0 Å². The SMILES string of the molecule is CC(=O)O.OC1C=CC2C3C=CC(C3)C12. The van der Waals surface area contributed by atoms with Gasteiger partial charge in [0, 0.05) is 12.8 Å². The maximum Gasteiger partial charge on any atom is 0.300 e. The molecule has 3 nitrogen and oxygen atoms in total. The Balaban J connectivity index is 0.000000188. The van der Waals surface area contributed by atoms with Crippen molar-refractivity contribution in [3.63, 3.8) is 0 Å². The number of carboxylic acids is 1. The molecule has 0 aromatic heterocycles. The molecule has 0 radical (unpaired) electrons. The van der Waals surface area contributed by atoms with E-state index in [0.29, 0.717) is 17.8 Å². The number of hydrogen-bond donors (Lipinski definition) is 2. The summed E-state index contributed by atoms with van der Waals surface area (Å²) < 4.78 is 0. The first-order valence-corrected chi connectivity index (χ1v) is 5.34. The molecule has 5 atom stereocenters. The zero-order chi connectivity index (χ0) is 11.0. The van der Waals surface area contributed by atoms with Gasteiger partial charge in [-0.15, -0.1) is 0 Å². The lowest BCUT2D eigenvalue weighted by atomic mass is 9.84. The Kier molecular flexibility index (Phi) is 2.65. The standard InChI is InChI=1S/C10H12O.C2H4O2/c11-9-4-3-8-6-1-2-7(5-6)10(8)9;1-2(3)4/h1-4,6-11H,5H2;1H3,(H,3,4).